The summed E-state index contributed by atoms with van der Waals surface area (Å²) in [5.74, 6) is 1.37. The van der Waals surface area contributed by atoms with Crippen LogP contribution in [0.2, 0.25) is 0 Å². The molecule has 2 rings (SSSR count). The highest BCUT2D eigenvalue weighted by molar-refractivity contribution is 5.62. The lowest BCUT2D eigenvalue weighted by atomic mass is 9.86. The zero-order valence-corrected chi connectivity index (χ0v) is 14.1. The molecule has 0 saturated carbocycles. The maximum atomic E-state index is 4.57. The molecule has 2 aromatic rings. The van der Waals surface area contributed by atoms with Crippen molar-refractivity contribution >= 4 is 17.5 Å². The molecule has 5 heteroatoms. The van der Waals surface area contributed by atoms with Gasteiger partial charge in [-0.1, -0.05) is 39.0 Å². The number of anilines is 3. The maximum Gasteiger partial charge on any atom is 0.247 e. The van der Waals surface area contributed by atoms with Crippen LogP contribution in [-0.2, 0) is 5.41 Å². The lowest BCUT2D eigenvalue weighted by molar-refractivity contribution is 0.592. The number of hydrogen-bond acceptors (Lipinski definition) is 5. The Labute approximate surface area is 132 Å². The molecular formula is C17H25N5. The predicted molar refractivity (Wildman–Crippen MR) is 91.8 cm³/mol. The fourth-order valence-electron chi connectivity index (χ4n) is 2.38. The Morgan fingerprint density at radius 3 is 2.41 bits per heavy atom. The fourth-order valence-corrected chi connectivity index (χ4v) is 2.38. The molecule has 0 atom stereocenters. The van der Waals surface area contributed by atoms with Gasteiger partial charge in [0.05, 0.1) is 6.20 Å². The van der Waals surface area contributed by atoms with Gasteiger partial charge in [0.25, 0.3) is 0 Å². The lowest BCUT2D eigenvalue weighted by Crippen LogP contribution is -2.24. The number of hydrogen-bond donors (Lipinski definition) is 1. The Morgan fingerprint density at radius 2 is 1.77 bits per heavy atom. The van der Waals surface area contributed by atoms with Crippen molar-refractivity contribution in [3.05, 3.63) is 36.0 Å². The maximum absolute atomic E-state index is 4.57. The summed E-state index contributed by atoms with van der Waals surface area (Å²) in [6, 6.07) is 8.30. The SMILES string of the molecule is CCN(CC)c1nncc(Nc2ccccc2C(C)(C)C)n1. The average Bonchev–Trinajstić information content (AvgIpc) is 2.48. The van der Waals surface area contributed by atoms with Crippen molar-refractivity contribution in [2.45, 2.75) is 40.0 Å². The van der Waals surface area contributed by atoms with Gasteiger partial charge in [0.1, 0.15) is 0 Å². The van der Waals surface area contributed by atoms with E-state index in [4.69, 9.17) is 0 Å². The molecule has 0 aliphatic carbocycles. The van der Waals surface area contributed by atoms with Gasteiger partial charge >= 0.3 is 0 Å². The second-order valence-corrected chi connectivity index (χ2v) is 6.23. The first-order valence-corrected chi connectivity index (χ1v) is 7.77. The molecule has 1 aromatic carbocycles. The first kappa shape index (κ1) is 16.2. The minimum atomic E-state index is 0.0613. The summed E-state index contributed by atoms with van der Waals surface area (Å²) < 4.78 is 0. The first-order valence-electron chi connectivity index (χ1n) is 7.77. The molecule has 0 unspecified atom stereocenters. The lowest BCUT2D eigenvalue weighted by Gasteiger charge is -2.23. The second-order valence-electron chi connectivity index (χ2n) is 6.23. The topological polar surface area (TPSA) is 53.9 Å². The minimum Gasteiger partial charge on any atom is -0.340 e. The number of nitrogens with one attached hydrogen (secondary N) is 1. The van der Waals surface area contributed by atoms with Crippen molar-refractivity contribution < 1.29 is 0 Å². The van der Waals surface area contributed by atoms with Gasteiger partial charge in [0, 0.05) is 18.8 Å². The number of para-hydroxylation sites is 1. The van der Waals surface area contributed by atoms with Gasteiger partial charge in [-0.15, -0.1) is 5.10 Å². The van der Waals surface area contributed by atoms with Crippen LogP contribution >= 0.6 is 0 Å². The van der Waals surface area contributed by atoms with Crippen molar-refractivity contribution in [1.29, 1.82) is 0 Å². The highest BCUT2D eigenvalue weighted by Gasteiger charge is 2.18. The minimum absolute atomic E-state index is 0.0613. The summed E-state index contributed by atoms with van der Waals surface area (Å²) in [6.45, 7) is 12.5. The van der Waals surface area contributed by atoms with E-state index in [1.807, 2.05) is 6.07 Å². The predicted octanol–water partition coefficient (Wildman–Crippen LogP) is 3.76. The van der Waals surface area contributed by atoms with E-state index in [1.54, 1.807) is 6.20 Å². The summed E-state index contributed by atoms with van der Waals surface area (Å²) >= 11 is 0. The third kappa shape index (κ3) is 3.72. The summed E-state index contributed by atoms with van der Waals surface area (Å²) in [5, 5.41) is 11.6. The molecule has 1 heterocycles. The van der Waals surface area contributed by atoms with Crippen LogP contribution < -0.4 is 10.2 Å². The van der Waals surface area contributed by atoms with E-state index in [0.717, 1.165) is 18.8 Å². The molecule has 1 aromatic heterocycles. The molecule has 0 aliphatic heterocycles. The molecule has 0 bridgehead atoms. The fraction of sp³-hybridized carbons (Fsp3) is 0.471. The molecule has 0 spiro atoms. The molecule has 22 heavy (non-hydrogen) atoms. The molecule has 118 valence electrons. The molecular weight excluding hydrogens is 274 g/mol. The van der Waals surface area contributed by atoms with Gasteiger partial charge in [0.15, 0.2) is 5.82 Å². The summed E-state index contributed by atoms with van der Waals surface area (Å²) in [5.41, 5.74) is 2.37. The van der Waals surface area contributed by atoms with Gasteiger partial charge in [-0.25, -0.2) is 0 Å². The van der Waals surface area contributed by atoms with Crippen LogP contribution in [0.4, 0.5) is 17.5 Å². The van der Waals surface area contributed by atoms with E-state index in [9.17, 15) is 0 Å². The van der Waals surface area contributed by atoms with E-state index in [2.05, 4.69) is 78.2 Å². The van der Waals surface area contributed by atoms with Crippen molar-refractivity contribution in [2.75, 3.05) is 23.3 Å². The Morgan fingerprint density at radius 1 is 1.09 bits per heavy atom. The van der Waals surface area contributed by atoms with Gasteiger partial charge in [-0.05, 0) is 30.9 Å². The van der Waals surface area contributed by atoms with E-state index in [-0.39, 0.29) is 5.41 Å². The van der Waals surface area contributed by atoms with E-state index >= 15 is 0 Å². The smallest absolute Gasteiger partial charge is 0.247 e. The molecule has 5 nitrogen and oxygen atoms in total. The first-order chi connectivity index (χ1) is 10.5. The average molecular weight is 299 g/mol. The Kier molecular flexibility index (Phi) is 4.96. The van der Waals surface area contributed by atoms with Crippen LogP contribution in [0.15, 0.2) is 30.5 Å². The van der Waals surface area contributed by atoms with E-state index < -0.39 is 0 Å². The van der Waals surface area contributed by atoms with Gasteiger partial charge in [-0.3, -0.25) is 0 Å². The molecule has 0 saturated heterocycles. The molecule has 0 aliphatic rings. The molecule has 0 radical (unpaired) electrons. The molecule has 0 amide bonds. The van der Waals surface area contributed by atoms with Crippen molar-refractivity contribution in [3.8, 4) is 0 Å². The normalized spacial score (nSPS) is 11.3. The monoisotopic (exact) mass is 299 g/mol. The third-order valence-corrected chi connectivity index (χ3v) is 3.59. The Hall–Kier alpha value is -2.17. The third-order valence-electron chi connectivity index (χ3n) is 3.59. The summed E-state index contributed by atoms with van der Waals surface area (Å²) in [6.07, 6.45) is 1.66. The standard InChI is InChI=1S/C17H25N5/c1-6-22(7-2)16-20-15(12-18-21-16)19-14-11-9-8-10-13(14)17(3,4)5/h8-12H,6-7H2,1-5H3,(H,19,20,21). The van der Waals surface area contributed by atoms with Gasteiger partial charge in [-0.2, -0.15) is 10.1 Å². The van der Waals surface area contributed by atoms with Crippen LogP contribution in [0.3, 0.4) is 0 Å². The van der Waals surface area contributed by atoms with Crippen molar-refractivity contribution in [2.24, 2.45) is 0 Å². The van der Waals surface area contributed by atoms with E-state index in [0.29, 0.717) is 11.8 Å². The number of benzene rings is 1. The highest BCUT2D eigenvalue weighted by atomic mass is 15.3. The number of aromatic nitrogens is 3. The van der Waals surface area contributed by atoms with Crippen molar-refractivity contribution in [3.63, 3.8) is 0 Å². The number of nitrogens with zero attached hydrogens (tertiary/aromatic N) is 4. The largest absolute Gasteiger partial charge is 0.340 e. The Balaban J connectivity index is 2.31. The van der Waals surface area contributed by atoms with Gasteiger partial charge in [0.2, 0.25) is 5.95 Å². The molecule has 1 N–H and O–H groups in total. The van der Waals surface area contributed by atoms with Crippen LogP contribution in [0.1, 0.15) is 40.2 Å². The van der Waals surface area contributed by atoms with Crippen LogP contribution in [0.5, 0.6) is 0 Å². The van der Waals surface area contributed by atoms with Crippen LogP contribution in [0, 0.1) is 0 Å². The van der Waals surface area contributed by atoms with Crippen molar-refractivity contribution in [1.82, 2.24) is 15.2 Å². The highest BCUT2D eigenvalue weighted by Crippen LogP contribution is 2.30. The van der Waals surface area contributed by atoms with Gasteiger partial charge < -0.3 is 10.2 Å². The Bertz CT molecular complexity index is 614. The van der Waals surface area contributed by atoms with E-state index in [1.165, 1.54) is 5.56 Å². The quantitative estimate of drug-likeness (QED) is 0.911. The summed E-state index contributed by atoms with van der Waals surface area (Å²) in [4.78, 5) is 6.65. The second kappa shape index (κ2) is 6.73. The zero-order chi connectivity index (χ0) is 16.2. The molecule has 0 fully saturated rings. The van der Waals surface area contributed by atoms with Crippen LogP contribution in [0.25, 0.3) is 0 Å². The summed E-state index contributed by atoms with van der Waals surface area (Å²) in [7, 11) is 0. The number of rotatable bonds is 5. The zero-order valence-electron chi connectivity index (χ0n) is 14.1. The van der Waals surface area contributed by atoms with Crippen LogP contribution in [-0.4, -0.2) is 28.3 Å².